The van der Waals surface area contributed by atoms with Crippen molar-refractivity contribution < 1.29 is 79.6 Å². The Hall–Kier alpha value is -3.74. The molecule has 2 aromatic rings. The number of aliphatic hydroxyl groups is 6. The number of hydrogen-bond acceptors (Lipinski definition) is 14. The standard InChI is InChI=1S/C30H38O16/c1-11(7-13-3-5-15(31)17(9-13)43-29-23(37)19(33)21(35)25(45-29)27(39)40)12(2)8-14-4-6-16(32)18(10-14)44-30-24(38)20(34)22(36)26(46-30)28(41)42/h3-6,9-12,19-26,29-38H,7-8H2,1-2H3,(H,39,40)(H,41,42)/t11?,12?,19-,20-,21-,22-,23+,24+,25-,26-,29+,30+/m0/s1. The molecular weight excluding hydrogens is 616 g/mol. The van der Waals surface area contributed by atoms with E-state index in [4.69, 9.17) is 18.9 Å². The predicted molar refractivity (Wildman–Crippen MR) is 152 cm³/mol. The number of rotatable bonds is 11. The summed E-state index contributed by atoms with van der Waals surface area (Å²) in [6.45, 7) is 3.92. The van der Waals surface area contributed by atoms with Crippen molar-refractivity contribution in [2.24, 2.45) is 11.8 Å². The number of phenolic OH excluding ortho intramolecular Hbond substituents is 2. The summed E-state index contributed by atoms with van der Waals surface area (Å²) in [5.74, 6) is -4.14. The minimum absolute atomic E-state index is 0.00287. The van der Waals surface area contributed by atoms with Crippen molar-refractivity contribution in [1.82, 2.24) is 0 Å². The van der Waals surface area contributed by atoms with Crippen LogP contribution in [0.5, 0.6) is 23.0 Å². The van der Waals surface area contributed by atoms with E-state index in [9.17, 15) is 60.7 Å². The molecule has 254 valence electrons. The largest absolute Gasteiger partial charge is 0.504 e. The number of ether oxygens (including phenoxy) is 4. The van der Waals surface area contributed by atoms with Crippen LogP contribution in [0.4, 0.5) is 0 Å². The fourth-order valence-electron chi connectivity index (χ4n) is 5.25. The van der Waals surface area contributed by atoms with Gasteiger partial charge in [-0.1, -0.05) is 26.0 Å². The zero-order valence-electron chi connectivity index (χ0n) is 24.7. The summed E-state index contributed by atoms with van der Waals surface area (Å²) in [5.41, 5.74) is 1.39. The molecule has 2 aliphatic heterocycles. The fourth-order valence-corrected chi connectivity index (χ4v) is 5.25. The van der Waals surface area contributed by atoms with Gasteiger partial charge in [-0.15, -0.1) is 0 Å². The summed E-state index contributed by atoms with van der Waals surface area (Å²) in [7, 11) is 0. The van der Waals surface area contributed by atoms with Crippen molar-refractivity contribution in [3.05, 3.63) is 47.5 Å². The average molecular weight is 655 g/mol. The topological polar surface area (TPSA) is 273 Å². The van der Waals surface area contributed by atoms with Gasteiger partial charge in [0.25, 0.3) is 0 Å². The van der Waals surface area contributed by atoms with Crippen LogP contribution in [0.1, 0.15) is 25.0 Å². The second-order valence-electron chi connectivity index (χ2n) is 11.7. The van der Waals surface area contributed by atoms with Crippen LogP contribution in [0.2, 0.25) is 0 Å². The first-order valence-electron chi connectivity index (χ1n) is 14.4. The van der Waals surface area contributed by atoms with Gasteiger partial charge in [0.05, 0.1) is 0 Å². The third-order valence-electron chi connectivity index (χ3n) is 8.25. The van der Waals surface area contributed by atoms with E-state index in [0.717, 1.165) is 0 Å². The maximum atomic E-state index is 11.4. The van der Waals surface area contributed by atoms with Gasteiger partial charge in [0.15, 0.2) is 35.2 Å². The normalized spacial score (nSPS) is 32.7. The van der Waals surface area contributed by atoms with Crippen LogP contribution in [0, 0.1) is 11.8 Å². The third-order valence-corrected chi connectivity index (χ3v) is 8.25. The smallest absolute Gasteiger partial charge is 0.335 e. The molecule has 0 bridgehead atoms. The number of aromatic hydroxyl groups is 2. The number of aliphatic hydroxyl groups excluding tert-OH is 6. The molecule has 2 aliphatic rings. The van der Waals surface area contributed by atoms with Gasteiger partial charge >= 0.3 is 11.9 Å². The third kappa shape index (κ3) is 7.62. The van der Waals surface area contributed by atoms with Gasteiger partial charge in [0.2, 0.25) is 12.6 Å². The summed E-state index contributed by atoms with van der Waals surface area (Å²) in [6.07, 6.45) is -17.4. The number of carbonyl (C=O) groups is 2. The highest BCUT2D eigenvalue weighted by Crippen LogP contribution is 2.35. The molecular formula is C30H38O16. The van der Waals surface area contributed by atoms with E-state index in [1.54, 1.807) is 12.1 Å². The average Bonchev–Trinajstić information content (AvgIpc) is 3.00. The van der Waals surface area contributed by atoms with Crippen molar-refractivity contribution in [2.75, 3.05) is 0 Å². The van der Waals surface area contributed by atoms with Crippen molar-refractivity contribution >= 4 is 11.9 Å². The summed E-state index contributed by atoms with van der Waals surface area (Å²) < 4.78 is 21.3. The van der Waals surface area contributed by atoms with Gasteiger partial charge in [-0.25, -0.2) is 9.59 Å². The minimum atomic E-state index is -1.90. The molecule has 2 unspecified atom stereocenters. The molecule has 2 aromatic carbocycles. The Bertz CT molecular complexity index is 1280. The van der Waals surface area contributed by atoms with Crippen LogP contribution in [0.3, 0.4) is 0 Å². The predicted octanol–water partition coefficient (Wildman–Crippen LogP) is -1.30. The zero-order chi connectivity index (χ0) is 34.0. The van der Waals surface area contributed by atoms with Crippen molar-refractivity contribution in [3.63, 3.8) is 0 Å². The van der Waals surface area contributed by atoms with Crippen LogP contribution >= 0.6 is 0 Å². The molecule has 4 rings (SSSR count). The Morgan fingerprint density at radius 3 is 1.30 bits per heavy atom. The molecule has 0 aromatic heterocycles. The van der Waals surface area contributed by atoms with E-state index in [0.29, 0.717) is 24.0 Å². The Balaban J connectivity index is 1.41. The van der Waals surface area contributed by atoms with Crippen LogP contribution in [0.15, 0.2) is 36.4 Å². The molecule has 2 fully saturated rings. The lowest BCUT2D eigenvalue weighted by atomic mass is 9.85. The molecule has 0 radical (unpaired) electrons. The van der Waals surface area contributed by atoms with E-state index in [1.807, 2.05) is 13.8 Å². The maximum absolute atomic E-state index is 11.4. The molecule has 0 amide bonds. The van der Waals surface area contributed by atoms with Crippen molar-refractivity contribution in [1.29, 1.82) is 0 Å². The molecule has 0 spiro atoms. The molecule has 46 heavy (non-hydrogen) atoms. The molecule has 10 N–H and O–H groups in total. The van der Waals surface area contributed by atoms with Crippen molar-refractivity contribution in [3.8, 4) is 23.0 Å². The molecule has 16 heteroatoms. The summed E-state index contributed by atoms with van der Waals surface area (Å²) in [4.78, 5) is 22.8. The maximum Gasteiger partial charge on any atom is 0.335 e. The first kappa shape index (κ1) is 35.1. The zero-order valence-corrected chi connectivity index (χ0v) is 24.7. The summed E-state index contributed by atoms with van der Waals surface area (Å²) in [5, 5.41) is 99.6. The lowest BCUT2D eigenvalue weighted by molar-refractivity contribution is -0.271. The molecule has 2 saturated heterocycles. The van der Waals surface area contributed by atoms with Gasteiger partial charge in [-0.3, -0.25) is 0 Å². The number of phenols is 2. The number of carboxylic acid groups (broad SMARTS) is 2. The molecule has 2 heterocycles. The second-order valence-corrected chi connectivity index (χ2v) is 11.7. The van der Waals surface area contributed by atoms with Crippen LogP contribution in [-0.2, 0) is 31.9 Å². The Kier molecular flexibility index (Phi) is 11.0. The highest BCUT2D eigenvalue weighted by atomic mass is 16.7. The Labute approximate surface area is 262 Å². The quantitative estimate of drug-likeness (QED) is 0.135. The lowest BCUT2D eigenvalue weighted by Crippen LogP contribution is -2.61. The highest BCUT2D eigenvalue weighted by molar-refractivity contribution is 5.74. The van der Waals surface area contributed by atoms with Crippen LogP contribution < -0.4 is 9.47 Å². The van der Waals surface area contributed by atoms with Gasteiger partial charge < -0.3 is 70.0 Å². The van der Waals surface area contributed by atoms with Crippen LogP contribution in [-0.4, -0.2) is 124 Å². The van der Waals surface area contributed by atoms with E-state index in [1.165, 1.54) is 24.3 Å². The summed E-state index contributed by atoms with van der Waals surface area (Å²) in [6, 6.07) is 8.90. The van der Waals surface area contributed by atoms with Gasteiger partial charge in [-0.2, -0.15) is 0 Å². The number of carboxylic acids is 2. The minimum Gasteiger partial charge on any atom is -0.504 e. The monoisotopic (exact) mass is 654 g/mol. The lowest BCUT2D eigenvalue weighted by Gasteiger charge is -2.38. The van der Waals surface area contributed by atoms with E-state index in [-0.39, 0.29) is 34.8 Å². The molecule has 12 atom stereocenters. The van der Waals surface area contributed by atoms with E-state index >= 15 is 0 Å². The Morgan fingerprint density at radius 1 is 0.630 bits per heavy atom. The molecule has 0 saturated carbocycles. The number of aliphatic carboxylic acids is 2. The molecule has 0 aliphatic carbocycles. The Morgan fingerprint density at radius 2 is 0.978 bits per heavy atom. The summed E-state index contributed by atoms with van der Waals surface area (Å²) >= 11 is 0. The first-order chi connectivity index (χ1) is 21.6. The molecule has 16 nitrogen and oxygen atoms in total. The second kappa shape index (κ2) is 14.4. The van der Waals surface area contributed by atoms with Gasteiger partial charge in [-0.05, 0) is 60.1 Å². The van der Waals surface area contributed by atoms with Crippen molar-refractivity contribution in [2.45, 2.75) is 88.1 Å². The highest BCUT2D eigenvalue weighted by Gasteiger charge is 2.49. The number of hydrogen-bond donors (Lipinski definition) is 10. The number of benzene rings is 2. The fraction of sp³-hybridized carbons (Fsp3) is 0.533. The van der Waals surface area contributed by atoms with Gasteiger partial charge in [0.1, 0.15) is 36.6 Å². The first-order valence-corrected chi connectivity index (χ1v) is 14.4. The SMILES string of the molecule is CC(Cc1ccc(O)c(O[C@@H]2O[C@H](C(=O)O)[C@@H](O)[C@H](O)[C@H]2O)c1)C(C)Cc1ccc(O)c(O[C@@H]2O[C@H](C(=O)O)[C@@H](O)[C@H](O)[C@H]2O)c1. The van der Waals surface area contributed by atoms with E-state index < -0.39 is 73.4 Å². The van der Waals surface area contributed by atoms with Gasteiger partial charge in [0, 0.05) is 0 Å². The van der Waals surface area contributed by atoms with Crippen LogP contribution in [0.25, 0.3) is 0 Å². The van der Waals surface area contributed by atoms with E-state index in [2.05, 4.69) is 0 Å².